The minimum absolute atomic E-state index is 0.130. The van der Waals surface area contributed by atoms with Crippen LogP contribution in [0.2, 0.25) is 0 Å². The summed E-state index contributed by atoms with van der Waals surface area (Å²) in [4.78, 5) is 35.8. The molecule has 0 aliphatic heterocycles. The van der Waals surface area contributed by atoms with Gasteiger partial charge in [0.15, 0.2) is 6.61 Å². The summed E-state index contributed by atoms with van der Waals surface area (Å²) in [6.45, 7) is 4.01. The zero-order chi connectivity index (χ0) is 24.3. The number of hydrazone groups is 1. The van der Waals surface area contributed by atoms with Gasteiger partial charge in [0, 0.05) is 12.2 Å². The van der Waals surface area contributed by atoms with E-state index in [2.05, 4.69) is 21.2 Å². The zero-order valence-electron chi connectivity index (χ0n) is 19.0. The van der Waals surface area contributed by atoms with Crippen LogP contribution in [0, 0.1) is 13.8 Å². The van der Waals surface area contributed by atoms with Gasteiger partial charge in [-0.05, 0) is 66.4 Å². The molecule has 8 heteroatoms. The van der Waals surface area contributed by atoms with Crippen molar-refractivity contribution in [2.75, 3.05) is 11.9 Å². The number of amides is 3. The number of hydrogen-bond donors (Lipinski definition) is 3. The monoisotopic (exact) mass is 458 g/mol. The van der Waals surface area contributed by atoms with Gasteiger partial charge in [0.1, 0.15) is 5.75 Å². The maximum absolute atomic E-state index is 12.2. The molecule has 0 aliphatic rings. The van der Waals surface area contributed by atoms with E-state index in [-0.39, 0.29) is 19.1 Å². The molecular weight excluding hydrogens is 432 g/mol. The van der Waals surface area contributed by atoms with E-state index >= 15 is 0 Å². The van der Waals surface area contributed by atoms with E-state index in [4.69, 9.17) is 4.74 Å². The van der Waals surface area contributed by atoms with Gasteiger partial charge in [-0.25, -0.2) is 5.43 Å². The highest BCUT2D eigenvalue weighted by Crippen LogP contribution is 2.16. The molecule has 0 unspecified atom stereocenters. The molecule has 34 heavy (non-hydrogen) atoms. The lowest BCUT2D eigenvalue weighted by atomic mass is 10.1. The normalized spacial score (nSPS) is 10.5. The fourth-order valence-corrected chi connectivity index (χ4v) is 2.93. The number of benzene rings is 3. The van der Waals surface area contributed by atoms with E-state index in [0.717, 1.165) is 22.4 Å². The summed E-state index contributed by atoms with van der Waals surface area (Å²) in [6, 6.07) is 21.9. The van der Waals surface area contributed by atoms with Crippen LogP contribution in [0.4, 0.5) is 5.69 Å². The van der Waals surface area contributed by atoms with Crippen molar-refractivity contribution in [3.05, 3.63) is 95.1 Å². The minimum Gasteiger partial charge on any atom is -0.484 e. The molecule has 0 saturated carbocycles. The predicted molar refractivity (Wildman–Crippen MR) is 131 cm³/mol. The summed E-state index contributed by atoms with van der Waals surface area (Å²) in [7, 11) is 0. The highest BCUT2D eigenvalue weighted by Gasteiger charge is 2.11. The largest absolute Gasteiger partial charge is 0.484 e. The molecule has 0 saturated heterocycles. The average Bonchev–Trinajstić information content (AvgIpc) is 2.85. The number of rotatable bonds is 8. The van der Waals surface area contributed by atoms with Gasteiger partial charge in [-0.15, -0.1) is 0 Å². The summed E-state index contributed by atoms with van der Waals surface area (Å²) < 4.78 is 5.52. The topological polar surface area (TPSA) is 109 Å². The molecule has 0 radical (unpaired) electrons. The molecule has 3 aromatic rings. The Labute approximate surface area is 198 Å². The Morgan fingerprint density at radius 3 is 2.38 bits per heavy atom. The summed E-state index contributed by atoms with van der Waals surface area (Å²) in [5.74, 6) is -1.38. The van der Waals surface area contributed by atoms with Crippen LogP contribution < -0.4 is 20.8 Å². The average molecular weight is 459 g/mol. The third-order valence-corrected chi connectivity index (χ3v) is 4.80. The number of aryl methyl sites for hydroxylation is 2. The molecule has 0 heterocycles. The number of carbonyl (C=O) groups excluding carboxylic acids is 3. The highest BCUT2D eigenvalue weighted by atomic mass is 16.5. The van der Waals surface area contributed by atoms with Crippen molar-refractivity contribution in [2.45, 2.75) is 20.4 Å². The fourth-order valence-electron chi connectivity index (χ4n) is 2.93. The molecule has 8 nitrogen and oxygen atoms in total. The molecule has 174 valence electrons. The van der Waals surface area contributed by atoms with Crippen molar-refractivity contribution in [3.8, 4) is 5.75 Å². The standard InChI is InChI=1S/C26H26N4O4/c1-18-8-9-19(2)23(14-18)29-24(31)17-34-22-12-10-21(11-13-22)16-28-30-26(33)25(32)27-15-20-6-4-3-5-7-20/h3-14,16H,15,17H2,1-2H3,(H,27,32)(H,29,31)(H,30,33)/b28-16-. The Bertz CT molecular complexity index is 1180. The van der Waals surface area contributed by atoms with Crippen LogP contribution in [0.1, 0.15) is 22.3 Å². The lowest BCUT2D eigenvalue weighted by Crippen LogP contribution is -2.37. The molecule has 0 fully saturated rings. The van der Waals surface area contributed by atoms with Gasteiger partial charge in [0.2, 0.25) is 0 Å². The molecule has 3 rings (SSSR count). The van der Waals surface area contributed by atoms with E-state index in [1.165, 1.54) is 6.21 Å². The molecule has 3 aromatic carbocycles. The molecule has 0 spiro atoms. The third kappa shape index (κ3) is 7.59. The second-order valence-corrected chi connectivity index (χ2v) is 7.59. The number of carbonyl (C=O) groups is 3. The maximum atomic E-state index is 12.2. The van der Waals surface area contributed by atoms with E-state index in [0.29, 0.717) is 11.3 Å². The lowest BCUT2D eigenvalue weighted by Gasteiger charge is -2.10. The van der Waals surface area contributed by atoms with Crippen LogP contribution >= 0.6 is 0 Å². The summed E-state index contributed by atoms with van der Waals surface area (Å²) in [5.41, 5.74) is 6.55. The van der Waals surface area contributed by atoms with E-state index in [9.17, 15) is 14.4 Å². The van der Waals surface area contributed by atoms with Gasteiger partial charge in [-0.3, -0.25) is 14.4 Å². The van der Waals surface area contributed by atoms with Gasteiger partial charge in [0.25, 0.3) is 5.91 Å². The van der Waals surface area contributed by atoms with Crippen LogP contribution in [0.5, 0.6) is 5.75 Å². The Balaban J connectivity index is 1.41. The van der Waals surface area contributed by atoms with Gasteiger partial charge >= 0.3 is 11.8 Å². The van der Waals surface area contributed by atoms with Gasteiger partial charge in [-0.2, -0.15) is 5.10 Å². The Morgan fingerprint density at radius 2 is 1.65 bits per heavy atom. The Hall–Kier alpha value is -4.46. The molecule has 0 aromatic heterocycles. The zero-order valence-corrected chi connectivity index (χ0v) is 19.0. The van der Waals surface area contributed by atoms with E-state index in [1.54, 1.807) is 24.3 Å². The molecule has 3 amide bonds. The van der Waals surface area contributed by atoms with E-state index in [1.807, 2.05) is 62.4 Å². The minimum atomic E-state index is -0.859. The van der Waals surface area contributed by atoms with Crippen molar-refractivity contribution in [1.82, 2.24) is 10.7 Å². The van der Waals surface area contributed by atoms with Gasteiger partial charge < -0.3 is 15.4 Å². The molecule has 0 aliphatic carbocycles. The van der Waals surface area contributed by atoms with Crippen molar-refractivity contribution in [1.29, 1.82) is 0 Å². The van der Waals surface area contributed by atoms with Crippen LogP contribution in [-0.2, 0) is 20.9 Å². The first-order chi connectivity index (χ1) is 16.4. The first kappa shape index (κ1) is 24.2. The summed E-state index contributed by atoms with van der Waals surface area (Å²) in [5, 5.41) is 9.16. The van der Waals surface area contributed by atoms with Crippen LogP contribution in [0.25, 0.3) is 0 Å². The summed E-state index contributed by atoms with van der Waals surface area (Å²) >= 11 is 0. The SMILES string of the molecule is Cc1ccc(C)c(NC(=O)COc2ccc(/C=N\NC(=O)C(=O)NCc3ccccc3)cc2)c1. The fraction of sp³-hybridized carbons (Fsp3) is 0.154. The number of ether oxygens (including phenoxy) is 1. The van der Waals surface area contributed by atoms with Crippen molar-refractivity contribution in [2.24, 2.45) is 5.10 Å². The smallest absolute Gasteiger partial charge is 0.329 e. The second kappa shape index (κ2) is 12.0. The number of anilines is 1. The summed E-state index contributed by atoms with van der Waals surface area (Å²) in [6.07, 6.45) is 1.40. The van der Waals surface area contributed by atoms with Crippen molar-refractivity contribution < 1.29 is 19.1 Å². The predicted octanol–water partition coefficient (Wildman–Crippen LogP) is 3.09. The first-order valence-corrected chi connectivity index (χ1v) is 10.7. The maximum Gasteiger partial charge on any atom is 0.329 e. The molecular formula is C26H26N4O4. The number of nitrogens with zero attached hydrogens (tertiary/aromatic N) is 1. The van der Waals surface area contributed by atoms with Crippen LogP contribution in [0.15, 0.2) is 77.9 Å². The lowest BCUT2D eigenvalue weighted by molar-refractivity contribution is -0.139. The molecule has 0 bridgehead atoms. The highest BCUT2D eigenvalue weighted by molar-refractivity contribution is 6.35. The Kier molecular flexibility index (Phi) is 8.51. The number of nitrogens with one attached hydrogen (secondary N) is 3. The third-order valence-electron chi connectivity index (χ3n) is 4.80. The van der Waals surface area contributed by atoms with Gasteiger partial charge in [0.05, 0.1) is 6.21 Å². The van der Waals surface area contributed by atoms with Crippen molar-refractivity contribution in [3.63, 3.8) is 0 Å². The number of hydrogen-bond acceptors (Lipinski definition) is 5. The Morgan fingerprint density at radius 1 is 0.912 bits per heavy atom. The van der Waals surface area contributed by atoms with Crippen LogP contribution in [-0.4, -0.2) is 30.5 Å². The second-order valence-electron chi connectivity index (χ2n) is 7.59. The quantitative estimate of drug-likeness (QED) is 0.274. The van der Waals surface area contributed by atoms with Crippen molar-refractivity contribution >= 4 is 29.6 Å². The molecule has 0 atom stereocenters. The van der Waals surface area contributed by atoms with E-state index < -0.39 is 11.8 Å². The van der Waals surface area contributed by atoms with Crippen LogP contribution in [0.3, 0.4) is 0 Å². The van der Waals surface area contributed by atoms with Gasteiger partial charge in [-0.1, -0.05) is 42.5 Å². The molecule has 3 N–H and O–H groups in total. The first-order valence-electron chi connectivity index (χ1n) is 10.7.